The summed E-state index contributed by atoms with van der Waals surface area (Å²) < 4.78 is 10.9. The lowest BCUT2D eigenvalue weighted by molar-refractivity contribution is -0.0403. The topological polar surface area (TPSA) is 74.2 Å². The Morgan fingerprint density at radius 2 is 2.18 bits per heavy atom. The van der Waals surface area contributed by atoms with Crippen LogP contribution in [-0.4, -0.2) is 22.8 Å². The summed E-state index contributed by atoms with van der Waals surface area (Å²) >= 11 is 0. The van der Waals surface area contributed by atoms with Gasteiger partial charge in [0.15, 0.2) is 0 Å². The minimum Gasteiger partial charge on any atom is -0.367 e. The monoisotopic (exact) mass is 241 g/mol. The first-order valence-corrected chi connectivity index (χ1v) is 6.24. The molecule has 5 heteroatoms. The second-order valence-corrected chi connectivity index (χ2v) is 4.55. The zero-order chi connectivity index (χ0) is 12.9. The van der Waals surface area contributed by atoms with E-state index in [1.165, 1.54) is 0 Å². The highest BCUT2D eigenvalue weighted by Gasteiger charge is 2.30. The molecule has 2 unspecified atom stereocenters. The molecule has 98 valence electrons. The van der Waals surface area contributed by atoms with E-state index in [4.69, 9.17) is 15.0 Å². The molecular weight excluding hydrogens is 218 g/mol. The quantitative estimate of drug-likeness (QED) is 0.790. The van der Waals surface area contributed by atoms with Crippen molar-refractivity contribution in [2.75, 3.05) is 6.61 Å². The van der Waals surface area contributed by atoms with E-state index in [0.29, 0.717) is 18.3 Å². The molecule has 1 heterocycles. The van der Waals surface area contributed by atoms with Crippen LogP contribution < -0.4 is 5.73 Å². The van der Waals surface area contributed by atoms with Crippen molar-refractivity contribution in [1.29, 1.82) is 0 Å². The Kier molecular flexibility index (Phi) is 5.08. The van der Waals surface area contributed by atoms with Crippen LogP contribution in [0.15, 0.2) is 4.52 Å². The van der Waals surface area contributed by atoms with Gasteiger partial charge in [-0.05, 0) is 33.6 Å². The first-order chi connectivity index (χ1) is 8.01. The van der Waals surface area contributed by atoms with E-state index in [2.05, 4.69) is 10.1 Å². The average Bonchev–Trinajstić information content (AvgIpc) is 2.75. The standard InChI is InChI=1S/C12H23N3O2/c1-5-12(4,16-6-2)11-14-10(17-15-11)8-7-9(3)13/h9H,5-8,13H2,1-4H3. The highest BCUT2D eigenvalue weighted by Crippen LogP contribution is 2.26. The van der Waals surface area contributed by atoms with Crippen molar-refractivity contribution in [2.24, 2.45) is 5.73 Å². The molecule has 0 aliphatic rings. The third kappa shape index (κ3) is 3.78. The molecule has 0 spiro atoms. The fraction of sp³-hybridized carbons (Fsp3) is 0.833. The molecule has 1 aromatic rings. The van der Waals surface area contributed by atoms with Crippen LogP contribution in [0.4, 0.5) is 0 Å². The van der Waals surface area contributed by atoms with Crippen LogP contribution in [0.5, 0.6) is 0 Å². The van der Waals surface area contributed by atoms with E-state index in [9.17, 15) is 0 Å². The van der Waals surface area contributed by atoms with E-state index in [0.717, 1.165) is 19.3 Å². The summed E-state index contributed by atoms with van der Waals surface area (Å²) in [5.41, 5.74) is 5.24. The summed E-state index contributed by atoms with van der Waals surface area (Å²) in [6.07, 6.45) is 2.38. The molecule has 0 fully saturated rings. The number of hydrogen-bond acceptors (Lipinski definition) is 5. The lowest BCUT2D eigenvalue weighted by Gasteiger charge is -2.23. The lowest BCUT2D eigenvalue weighted by atomic mass is 10.0. The Balaban J connectivity index is 2.71. The summed E-state index contributed by atoms with van der Waals surface area (Å²) in [4.78, 5) is 4.39. The van der Waals surface area contributed by atoms with Crippen molar-refractivity contribution in [3.63, 3.8) is 0 Å². The number of aromatic nitrogens is 2. The van der Waals surface area contributed by atoms with Crippen LogP contribution in [0, 0.1) is 0 Å². The molecule has 0 amide bonds. The van der Waals surface area contributed by atoms with E-state index in [1.54, 1.807) is 0 Å². The molecule has 5 nitrogen and oxygen atoms in total. The van der Waals surface area contributed by atoms with Crippen LogP contribution in [0.3, 0.4) is 0 Å². The Hall–Kier alpha value is -0.940. The molecule has 0 aromatic carbocycles. The number of ether oxygens (including phenoxy) is 1. The van der Waals surface area contributed by atoms with E-state index < -0.39 is 5.60 Å². The highest BCUT2D eigenvalue weighted by molar-refractivity contribution is 4.99. The van der Waals surface area contributed by atoms with Gasteiger partial charge in [-0.1, -0.05) is 12.1 Å². The van der Waals surface area contributed by atoms with Gasteiger partial charge in [0.05, 0.1) is 0 Å². The predicted molar refractivity (Wildman–Crippen MR) is 65.5 cm³/mol. The highest BCUT2D eigenvalue weighted by atomic mass is 16.5. The third-order valence-electron chi connectivity index (χ3n) is 2.89. The molecule has 0 bridgehead atoms. The van der Waals surface area contributed by atoms with Crippen LogP contribution >= 0.6 is 0 Å². The Bertz CT molecular complexity index is 338. The van der Waals surface area contributed by atoms with Crippen molar-refractivity contribution in [3.8, 4) is 0 Å². The SMILES string of the molecule is CCOC(C)(CC)c1noc(CCC(C)N)n1. The Morgan fingerprint density at radius 1 is 1.47 bits per heavy atom. The van der Waals surface area contributed by atoms with Gasteiger partial charge in [0.1, 0.15) is 5.60 Å². The number of nitrogens with zero attached hydrogens (tertiary/aromatic N) is 2. The maximum absolute atomic E-state index is 5.69. The van der Waals surface area contributed by atoms with Gasteiger partial charge in [0.25, 0.3) is 0 Å². The van der Waals surface area contributed by atoms with Gasteiger partial charge in [0.2, 0.25) is 11.7 Å². The molecule has 2 atom stereocenters. The molecule has 0 radical (unpaired) electrons. The predicted octanol–water partition coefficient (Wildman–Crippen LogP) is 2.01. The first kappa shape index (κ1) is 14.1. The minimum atomic E-state index is -0.454. The van der Waals surface area contributed by atoms with Gasteiger partial charge < -0.3 is 15.0 Å². The average molecular weight is 241 g/mol. The van der Waals surface area contributed by atoms with E-state index >= 15 is 0 Å². The second kappa shape index (κ2) is 6.12. The summed E-state index contributed by atoms with van der Waals surface area (Å²) in [5, 5.41) is 4.00. The van der Waals surface area contributed by atoms with Gasteiger partial charge >= 0.3 is 0 Å². The molecule has 0 aliphatic carbocycles. The Labute approximate surface area is 103 Å². The van der Waals surface area contributed by atoms with Gasteiger partial charge in [-0.3, -0.25) is 0 Å². The largest absolute Gasteiger partial charge is 0.367 e. The normalized spacial score (nSPS) is 16.8. The van der Waals surface area contributed by atoms with Gasteiger partial charge in [-0.25, -0.2) is 0 Å². The number of hydrogen-bond donors (Lipinski definition) is 1. The van der Waals surface area contributed by atoms with Crippen molar-refractivity contribution in [1.82, 2.24) is 10.1 Å². The summed E-state index contributed by atoms with van der Waals surface area (Å²) in [6, 6.07) is 0.148. The second-order valence-electron chi connectivity index (χ2n) is 4.55. The number of aryl methyl sites for hydroxylation is 1. The molecular formula is C12H23N3O2. The van der Waals surface area contributed by atoms with Crippen LogP contribution in [-0.2, 0) is 16.8 Å². The lowest BCUT2D eigenvalue weighted by Crippen LogP contribution is -2.26. The van der Waals surface area contributed by atoms with Gasteiger partial charge in [-0.2, -0.15) is 4.98 Å². The third-order valence-corrected chi connectivity index (χ3v) is 2.89. The minimum absolute atomic E-state index is 0.148. The molecule has 0 saturated heterocycles. The van der Waals surface area contributed by atoms with Gasteiger partial charge in [0, 0.05) is 19.1 Å². The summed E-state index contributed by atoms with van der Waals surface area (Å²) in [7, 11) is 0. The molecule has 1 aromatic heterocycles. The molecule has 17 heavy (non-hydrogen) atoms. The van der Waals surface area contributed by atoms with Crippen molar-refractivity contribution < 1.29 is 9.26 Å². The maximum Gasteiger partial charge on any atom is 0.226 e. The van der Waals surface area contributed by atoms with Gasteiger partial charge in [-0.15, -0.1) is 0 Å². The fourth-order valence-corrected chi connectivity index (χ4v) is 1.57. The van der Waals surface area contributed by atoms with E-state index in [1.807, 2.05) is 27.7 Å². The summed E-state index contributed by atoms with van der Waals surface area (Å²) in [5.74, 6) is 1.26. The smallest absolute Gasteiger partial charge is 0.226 e. The maximum atomic E-state index is 5.69. The molecule has 0 aliphatic heterocycles. The number of rotatable bonds is 7. The van der Waals surface area contributed by atoms with Crippen molar-refractivity contribution in [2.45, 2.75) is 58.6 Å². The van der Waals surface area contributed by atoms with Crippen LogP contribution in [0.1, 0.15) is 52.3 Å². The zero-order valence-electron chi connectivity index (χ0n) is 11.2. The Morgan fingerprint density at radius 3 is 2.71 bits per heavy atom. The van der Waals surface area contributed by atoms with E-state index in [-0.39, 0.29) is 6.04 Å². The van der Waals surface area contributed by atoms with Crippen LogP contribution in [0.25, 0.3) is 0 Å². The fourth-order valence-electron chi connectivity index (χ4n) is 1.57. The first-order valence-electron chi connectivity index (χ1n) is 6.24. The zero-order valence-corrected chi connectivity index (χ0v) is 11.2. The summed E-state index contributed by atoms with van der Waals surface area (Å²) in [6.45, 7) is 8.59. The van der Waals surface area contributed by atoms with Crippen LogP contribution in [0.2, 0.25) is 0 Å². The molecule has 2 N–H and O–H groups in total. The number of nitrogens with two attached hydrogens (primary N) is 1. The van der Waals surface area contributed by atoms with Crippen molar-refractivity contribution >= 4 is 0 Å². The van der Waals surface area contributed by atoms with Crippen molar-refractivity contribution in [3.05, 3.63) is 11.7 Å². The molecule has 1 rings (SSSR count). The molecule has 0 saturated carbocycles.